The first-order valence-corrected chi connectivity index (χ1v) is 7.34. The number of hydrogen-bond donors (Lipinski definition) is 1. The van der Waals surface area contributed by atoms with Gasteiger partial charge in [-0.05, 0) is 11.4 Å². The molecule has 1 aromatic rings. The van der Waals surface area contributed by atoms with E-state index >= 15 is 0 Å². The van der Waals surface area contributed by atoms with Crippen LogP contribution >= 0.6 is 23.1 Å². The summed E-state index contributed by atoms with van der Waals surface area (Å²) in [5, 5.41) is 11.0. The summed E-state index contributed by atoms with van der Waals surface area (Å²) >= 11 is 3.11. The molecule has 1 atom stereocenters. The number of hydrogen-bond acceptors (Lipinski definition) is 4. The summed E-state index contributed by atoms with van der Waals surface area (Å²) < 4.78 is 0. The molecule has 1 unspecified atom stereocenters. The summed E-state index contributed by atoms with van der Waals surface area (Å²) in [5.41, 5.74) is 0. The maximum absolute atomic E-state index is 12.0. The van der Waals surface area contributed by atoms with Crippen molar-refractivity contribution >= 4 is 35.0 Å². The lowest BCUT2D eigenvalue weighted by Gasteiger charge is -2.32. The molecule has 0 radical (unpaired) electrons. The van der Waals surface area contributed by atoms with Gasteiger partial charge in [0.15, 0.2) is 0 Å². The van der Waals surface area contributed by atoms with Gasteiger partial charge in [0.25, 0.3) is 0 Å². The molecule has 6 heteroatoms. The maximum atomic E-state index is 12.0. The van der Waals surface area contributed by atoms with Crippen LogP contribution in [0.4, 0.5) is 0 Å². The first-order chi connectivity index (χ1) is 8.18. The van der Waals surface area contributed by atoms with Crippen LogP contribution in [0.25, 0.3) is 0 Å². The Labute approximate surface area is 108 Å². The number of thiophene rings is 1. The van der Waals surface area contributed by atoms with Crippen LogP contribution in [0.2, 0.25) is 0 Å². The largest absolute Gasteiger partial charge is 0.480 e. The van der Waals surface area contributed by atoms with Gasteiger partial charge in [-0.2, -0.15) is 11.8 Å². The fourth-order valence-electron chi connectivity index (χ4n) is 1.77. The summed E-state index contributed by atoms with van der Waals surface area (Å²) in [5.74, 6) is 0.322. The Morgan fingerprint density at radius 1 is 1.53 bits per heavy atom. The monoisotopic (exact) mass is 271 g/mol. The highest BCUT2D eigenvalue weighted by atomic mass is 32.2. The Bertz CT molecular complexity index is 405. The molecule has 0 saturated carbocycles. The molecule has 4 nitrogen and oxygen atoms in total. The fourth-order valence-corrected chi connectivity index (χ4v) is 3.50. The second-order valence-corrected chi connectivity index (χ2v) is 5.95. The van der Waals surface area contributed by atoms with E-state index in [2.05, 4.69) is 0 Å². The van der Waals surface area contributed by atoms with Crippen LogP contribution in [0, 0.1) is 0 Å². The molecule has 0 bridgehead atoms. The van der Waals surface area contributed by atoms with E-state index in [-0.39, 0.29) is 5.91 Å². The summed E-state index contributed by atoms with van der Waals surface area (Å²) in [7, 11) is 0. The Balaban J connectivity index is 2.03. The number of thioether (sulfide) groups is 1. The van der Waals surface area contributed by atoms with E-state index < -0.39 is 12.0 Å². The normalized spacial score (nSPS) is 20.2. The molecule has 2 heterocycles. The van der Waals surface area contributed by atoms with Crippen LogP contribution in [0.3, 0.4) is 0 Å². The van der Waals surface area contributed by atoms with Crippen molar-refractivity contribution in [3.05, 3.63) is 22.4 Å². The SMILES string of the molecule is O=C(O)C1CSCCN1C(=O)Cc1cccs1. The number of amides is 1. The van der Waals surface area contributed by atoms with Gasteiger partial charge in [-0.1, -0.05) is 6.07 Å². The molecule has 2 rings (SSSR count). The Morgan fingerprint density at radius 2 is 2.35 bits per heavy atom. The van der Waals surface area contributed by atoms with E-state index in [1.165, 1.54) is 16.2 Å². The van der Waals surface area contributed by atoms with Crippen molar-refractivity contribution in [3.8, 4) is 0 Å². The average Bonchev–Trinajstić information content (AvgIpc) is 2.81. The van der Waals surface area contributed by atoms with Gasteiger partial charge in [0.05, 0.1) is 6.42 Å². The van der Waals surface area contributed by atoms with Crippen LogP contribution in [-0.2, 0) is 16.0 Å². The van der Waals surface area contributed by atoms with Gasteiger partial charge in [-0.3, -0.25) is 4.79 Å². The van der Waals surface area contributed by atoms with Crippen molar-refractivity contribution in [3.63, 3.8) is 0 Å². The number of carboxylic acids is 1. The molecule has 1 N–H and O–H groups in total. The topological polar surface area (TPSA) is 57.6 Å². The van der Waals surface area contributed by atoms with E-state index in [9.17, 15) is 9.59 Å². The quantitative estimate of drug-likeness (QED) is 0.901. The molecule has 17 heavy (non-hydrogen) atoms. The molecule has 0 spiro atoms. The van der Waals surface area contributed by atoms with Crippen molar-refractivity contribution in [2.75, 3.05) is 18.1 Å². The lowest BCUT2D eigenvalue weighted by molar-refractivity contribution is -0.148. The van der Waals surface area contributed by atoms with Crippen LogP contribution in [-0.4, -0.2) is 46.0 Å². The third kappa shape index (κ3) is 3.01. The number of rotatable bonds is 3. The zero-order valence-corrected chi connectivity index (χ0v) is 10.8. The third-order valence-corrected chi connectivity index (χ3v) is 4.54. The molecular formula is C11H13NO3S2. The maximum Gasteiger partial charge on any atom is 0.327 e. The number of nitrogens with zero attached hydrogens (tertiary/aromatic N) is 1. The van der Waals surface area contributed by atoms with Crippen molar-refractivity contribution in [2.45, 2.75) is 12.5 Å². The minimum atomic E-state index is -0.906. The summed E-state index contributed by atoms with van der Waals surface area (Å²) in [6, 6.07) is 3.13. The van der Waals surface area contributed by atoms with Gasteiger partial charge in [-0.15, -0.1) is 11.3 Å². The average molecular weight is 271 g/mol. The second kappa shape index (κ2) is 5.55. The summed E-state index contributed by atoms with van der Waals surface area (Å²) in [6.45, 7) is 0.534. The van der Waals surface area contributed by atoms with Crippen LogP contribution in [0.5, 0.6) is 0 Å². The highest BCUT2D eigenvalue weighted by molar-refractivity contribution is 7.99. The molecule has 1 amide bonds. The number of carbonyl (C=O) groups excluding carboxylic acids is 1. The van der Waals surface area contributed by atoms with Gasteiger partial charge in [0.2, 0.25) is 5.91 Å². The zero-order valence-electron chi connectivity index (χ0n) is 9.17. The van der Waals surface area contributed by atoms with Crippen LogP contribution in [0.1, 0.15) is 4.88 Å². The van der Waals surface area contributed by atoms with Crippen molar-refractivity contribution < 1.29 is 14.7 Å². The van der Waals surface area contributed by atoms with Gasteiger partial charge >= 0.3 is 5.97 Å². The minimum absolute atomic E-state index is 0.0832. The highest BCUT2D eigenvalue weighted by Gasteiger charge is 2.32. The summed E-state index contributed by atoms with van der Waals surface area (Å²) in [6.07, 6.45) is 0.312. The van der Waals surface area contributed by atoms with E-state index in [4.69, 9.17) is 5.11 Å². The standard InChI is InChI=1S/C11H13NO3S2/c13-10(6-8-2-1-4-17-8)12-3-5-16-7-9(12)11(14)15/h1-2,4,9H,3,5-7H2,(H,14,15). The highest BCUT2D eigenvalue weighted by Crippen LogP contribution is 2.19. The van der Waals surface area contributed by atoms with E-state index in [1.54, 1.807) is 11.8 Å². The Morgan fingerprint density at radius 3 is 3.00 bits per heavy atom. The smallest absolute Gasteiger partial charge is 0.327 e. The van der Waals surface area contributed by atoms with Gasteiger partial charge < -0.3 is 10.0 Å². The van der Waals surface area contributed by atoms with Crippen LogP contribution < -0.4 is 0 Å². The van der Waals surface area contributed by atoms with E-state index in [0.717, 1.165) is 10.6 Å². The lowest BCUT2D eigenvalue weighted by atomic mass is 10.2. The first kappa shape index (κ1) is 12.4. The number of carboxylic acid groups (broad SMARTS) is 1. The molecule has 1 fully saturated rings. The van der Waals surface area contributed by atoms with E-state index in [0.29, 0.717) is 18.7 Å². The summed E-state index contributed by atoms with van der Waals surface area (Å²) in [4.78, 5) is 25.6. The molecule has 92 valence electrons. The molecule has 0 aliphatic carbocycles. The molecule has 1 aliphatic heterocycles. The van der Waals surface area contributed by atoms with E-state index in [1.807, 2.05) is 17.5 Å². The zero-order chi connectivity index (χ0) is 12.3. The predicted molar refractivity (Wildman–Crippen MR) is 68.5 cm³/mol. The Hall–Kier alpha value is -1.01. The number of aliphatic carboxylic acids is 1. The van der Waals surface area contributed by atoms with Gasteiger partial charge in [0, 0.05) is 22.9 Å². The first-order valence-electron chi connectivity index (χ1n) is 5.31. The lowest BCUT2D eigenvalue weighted by Crippen LogP contribution is -2.50. The van der Waals surface area contributed by atoms with Gasteiger partial charge in [0.1, 0.15) is 6.04 Å². The minimum Gasteiger partial charge on any atom is -0.480 e. The third-order valence-electron chi connectivity index (χ3n) is 2.64. The second-order valence-electron chi connectivity index (χ2n) is 3.77. The van der Waals surface area contributed by atoms with Crippen molar-refractivity contribution in [1.82, 2.24) is 4.90 Å². The molecule has 1 aliphatic rings. The van der Waals surface area contributed by atoms with Crippen molar-refractivity contribution in [1.29, 1.82) is 0 Å². The Kier molecular flexibility index (Phi) is 4.06. The molecule has 1 saturated heterocycles. The number of carbonyl (C=O) groups is 2. The van der Waals surface area contributed by atoms with Crippen molar-refractivity contribution in [2.24, 2.45) is 0 Å². The van der Waals surface area contributed by atoms with Gasteiger partial charge in [-0.25, -0.2) is 4.79 Å². The fraction of sp³-hybridized carbons (Fsp3) is 0.455. The van der Waals surface area contributed by atoms with Crippen LogP contribution in [0.15, 0.2) is 17.5 Å². The predicted octanol–water partition coefficient (Wildman–Crippen LogP) is 1.32. The molecular weight excluding hydrogens is 258 g/mol. The molecule has 0 aromatic carbocycles. The molecule has 1 aromatic heterocycles.